The molecule has 1 aromatic heterocycles. The van der Waals surface area contributed by atoms with Crippen LogP contribution in [0.1, 0.15) is 73.9 Å². The molecule has 4 aliphatic rings. The first-order chi connectivity index (χ1) is 20.9. The SMILES string of the molecule is COC1=CCC([C@H]2CC[C@H](C(=O)OC)CC2)C=C1c1ccc(N2CCC2)nc1CN1C(=O)O[C@H](c2cccc(C)c2)[C@@H]1C. The predicted octanol–water partition coefficient (Wildman–Crippen LogP) is 6.60. The van der Waals surface area contributed by atoms with E-state index in [1.807, 2.05) is 17.0 Å². The Morgan fingerprint density at radius 2 is 1.88 bits per heavy atom. The molecule has 1 saturated carbocycles. The van der Waals surface area contributed by atoms with Gasteiger partial charge in [-0.3, -0.25) is 9.69 Å². The van der Waals surface area contributed by atoms with E-state index in [2.05, 4.69) is 55.2 Å². The minimum atomic E-state index is -0.331. The van der Waals surface area contributed by atoms with E-state index in [1.54, 1.807) is 7.11 Å². The van der Waals surface area contributed by atoms with Crippen LogP contribution >= 0.6 is 0 Å². The molecule has 2 aliphatic carbocycles. The smallest absolute Gasteiger partial charge is 0.411 e. The molecule has 1 amide bonds. The van der Waals surface area contributed by atoms with Crippen molar-refractivity contribution in [3.63, 3.8) is 0 Å². The van der Waals surface area contributed by atoms with Gasteiger partial charge in [-0.15, -0.1) is 0 Å². The van der Waals surface area contributed by atoms with Crippen LogP contribution in [0.25, 0.3) is 5.57 Å². The summed E-state index contributed by atoms with van der Waals surface area (Å²) in [5, 5.41) is 0. The lowest BCUT2D eigenvalue weighted by atomic mass is 9.72. The van der Waals surface area contributed by atoms with Crippen LogP contribution in [0.4, 0.5) is 10.6 Å². The highest BCUT2D eigenvalue weighted by Gasteiger charge is 2.41. The third-order valence-electron chi connectivity index (χ3n) is 9.87. The highest BCUT2D eigenvalue weighted by atomic mass is 16.6. The summed E-state index contributed by atoms with van der Waals surface area (Å²) in [6.45, 7) is 6.44. The fourth-order valence-corrected chi connectivity index (χ4v) is 7.16. The second-order valence-electron chi connectivity index (χ2n) is 12.5. The van der Waals surface area contributed by atoms with E-state index in [-0.39, 0.29) is 30.1 Å². The van der Waals surface area contributed by atoms with Crippen LogP contribution in [0.15, 0.2) is 54.3 Å². The minimum absolute atomic E-state index is 0.00838. The Morgan fingerprint density at radius 3 is 2.56 bits per heavy atom. The zero-order valence-electron chi connectivity index (χ0n) is 25.8. The van der Waals surface area contributed by atoms with Crippen molar-refractivity contribution >= 4 is 23.5 Å². The number of carbonyl (C=O) groups is 2. The van der Waals surface area contributed by atoms with E-state index in [1.165, 1.54) is 7.11 Å². The summed E-state index contributed by atoms with van der Waals surface area (Å²) in [4.78, 5) is 34.6. The maximum absolute atomic E-state index is 13.3. The van der Waals surface area contributed by atoms with Gasteiger partial charge in [-0.25, -0.2) is 9.78 Å². The largest absolute Gasteiger partial charge is 0.496 e. The number of anilines is 1. The van der Waals surface area contributed by atoms with Gasteiger partial charge in [0.05, 0.1) is 38.4 Å². The molecule has 6 rings (SSSR count). The number of esters is 1. The van der Waals surface area contributed by atoms with Gasteiger partial charge in [0.2, 0.25) is 0 Å². The molecule has 1 aromatic carbocycles. The number of cyclic esters (lactones) is 1. The monoisotopic (exact) mass is 585 g/mol. The van der Waals surface area contributed by atoms with Crippen molar-refractivity contribution in [1.29, 1.82) is 0 Å². The van der Waals surface area contributed by atoms with Gasteiger partial charge < -0.3 is 19.1 Å². The lowest BCUT2D eigenvalue weighted by Gasteiger charge is -2.34. The van der Waals surface area contributed by atoms with Crippen LogP contribution in [0.2, 0.25) is 0 Å². The summed E-state index contributed by atoms with van der Waals surface area (Å²) in [5.41, 5.74) is 5.02. The zero-order valence-corrected chi connectivity index (χ0v) is 25.8. The second kappa shape index (κ2) is 12.4. The molecular formula is C35H43N3O5. The molecule has 0 spiro atoms. The van der Waals surface area contributed by atoms with E-state index in [9.17, 15) is 9.59 Å². The van der Waals surface area contributed by atoms with Crippen molar-refractivity contribution in [1.82, 2.24) is 9.88 Å². The van der Waals surface area contributed by atoms with Gasteiger partial charge in [-0.2, -0.15) is 0 Å². The van der Waals surface area contributed by atoms with Gasteiger partial charge in [-0.1, -0.05) is 35.9 Å². The number of ether oxygens (including phenoxy) is 3. The molecule has 8 heteroatoms. The Labute approximate surface area is 254 Å². The summed E-state index contributed by atoms with van der Waals surface area (Å²) in [7, 11) is 3.20. The van der Waals surface area contributed by atoms with Crippen LogP contribution in [0, 0.1) is 24.7 Å². The number of aromatic nitrogens is 1. The Kier molecular flexibility index (Phi) is 8.46. The molecule has 0 bridgehead atoms. The number of pyridine rings is 1. The van der Waals surface area contributed by atoms with E-state index in [0.717, 1.165) is 91.1 Å². The minimum Gasteiger partial charge on any atom is -0.496 e. The summed E-state index contributed by atoms with van der Waals surface area (Å²) in [5.74, 6) is 2.54. The number of rotatable bonds is 8. The fraction of sp³-hybridized carbons (Fsp3) is 0.514. The third-order valence-corrected chi connectivity index (χ3v) is 9.87. The van der Waals surface area contributed by atoms with Crippen molar-refractivity contribution in [3.05, 3.63) is 76.7 Å². The van der Waals surface area contributed by atoms with E-state index < -0.39 is 0 Å². The van der Waals surface area contributed by atoms with Gasteiger partial charge >= 0.3 is 12.1 Å². The molecule has 2 aromatic rings. The maximum Gasteiger partial charge on any atom is 0.411 e. The molecule has 0 N–H and O–H groups in total. The molecule has 8 nitrogen and oxygen atoms in total. The first kappa shape index (κ1) is 29.3. The zero-order chi connectivity index (χ0) is 30.1. The number of carbonyl (C=O) groups excluding carboxylic acids is 2. The number of nitrogens with zero attached hydrogens (tertiary/aromatic N) is 3. The standard InChI is InChI=1S/C35H43N3O5/c1-22-7-5-8-27(19-22)33-23(2)38(35(40)43-33)21-30-28(14-16-32(36-30)37-17-6-18-37)29-20-26(13-15-31(29)41-3)24-9-11-25(12-10-24)34(39)42-4/h5,7-8,14-16,19-20,23-26,33H,6,9-13,17-18,21H2,1-4H3/t23-,24-,25-,26?,33-/m0/s1. The molecule has 1 unspecified atom stereocenters. The van der Waals surface area contributed by atoms with Crippen LogP contribution in [-0.4, -0.2) is 55.3 Å². The van der Waals surface area contributed by atoms with E-state index in [0.29, 0.717) is 18.4 Å². The Balaban J connectivity index is 1.30. The molecule has 228 valence electrons. The highest BCUT2D eigenvalue weighted by molar-refractivity contribution is 5.80. The average molecular weight is 586 g/mol. The molecule has 43 heavy (non-hydrogen) atoms. The quantitative estimate of drug-likeness (QED) is 0.323. The Bertz CT molecular complexity index is 1420. The van der Waals surface area contributed by atoms with Crippen LogP contribution in [0.5, 0.6) is 0 Å². The van der Waals surface area contributed by atoms with E-state index in [4.69, 9.17) is 19.2 Å². The van der Waals surface area contributed by atoms with Crippen LogP contribution < -0.4 is 4.90 Å². The first-order valence-electron chi connectivity index (χ1n) is 15.7. The number of hydrogen-bond donors (Lipinski definition) is 0. The summed E-state index contributed by atoms with van der Waals surface area (Å²) in [6, 6.07) is 12.3. The Hall–Kier alpha value is -3.81. The predicted molar refractivity (Wildman–Crippen MR) is 165 cm³/mol. The molecule has 0 radical (unpaired) electrons. The van der Waals surface area contributed by atoms with Crippen LogP contribution in [0.3, 0.4) is 0 Å². The highest BCUT2D eigenvalue weighted by Crippen LogP contribution is 2.42. The third kappa shape index (κ3) is 5.89. The molecular weight excluding hydrogens is 542 g/mol. The summed E-state index contributed by atoms with van der Waals surface area (Å²) < 4.78 is 16.8. The molecule has 3 fully saturated rings. The lowest BCUT2D eigenvalue weighted by Crippen LogP contribution is -2.38. The summed E-state index contributed by atoms with van der Waals surface area (Å²) in [6.07, 6.45) is 9.70. The van der Waals surface area contributed by atoms with Gasteiger partial charge in [0.25, 0.3) is 0 Å². The van der Waals surface area contributed by atoms with Crippen LogP contribution in [-0.2, 0) is 25.5 Å². The number of benzene rings is 1. The molecule has 2 saturated heterocycles. The fourth-order valence-electron chi connectivity index (χ4n) is 7.16. The second-order valence-corrected chi connectivity index (χ2v) is 12.5. The van der Waals surface area contributed by atoms with Gasteiger partial charge in [0.15, 0.2) is 0 Å². The molecule has 3 atom stereocenters. The maximum atomic E-state index is 13.3. The summed E-state index contributed by atoms with van der Waals surface area (Å²) >= 11 is 0. The van der Waals surface area contributed by atoms with Gasteiger partial charge in [0, 0.05) is 24.2 Å². The number of hydrogen-bond acceptors (Lipinski definition) is 7. The average Bonchev–Trinajstić information content (AvgIpc) is 3.28. The number of methoxy groups -OCH3 is 2. The number of allylic oxidation sites excluding steroid dienone is 3. The van der Waals surface area contributed by atoms with Crippen molar-refractivity contribution < 1.29 is 23.8 Å². The van der Waals surface area contributed by atoms with Crippen molar-refractivity contribution in [2.45, 2.75) is 71.1 Å². The Morgan fingerprint density at radius 1 is 1.09 bits per heavy atom. The van der Waals surface area contributed by atoms with Crippen molar-refractivity contribution in [3.8, 4) is 0 Å². The topological polar surface area (TPSA) is 81.2 Å². The number of amides is 1. The number of aryl methyl sites for hydroxylation is 1. The normalized spacial score (nSPS) is 27.2. The molecule has 2 aliphatic heterocycles. The van der Waals surface area contributed by atoms with E-state index >= 15 is 0 Å². The molecule has 3 heterocycles. The lowest BCUT2D eigenvalue weighted by molar-refractivity contribution is -0.146. The van der Waals surface area contributed by atoms with Gasteiger partial charge in [-0.05, 0) is 88.0 Å². The van der Waals surface area contributed by atoms with Gasteiger partial charge in [0.1, 0.15) is 17.7 Å². The van der Waals surface area contributed by atoms with Crippen molar-refractivity contribution in [2.24, 2.45) is 17.8 Å². The van der Waals surface area contributed by atoms with Crippen molar-refractivity contribution in [2.75, 3.05) is 32.2 Å². The first-order valence-corrected chi connectivity index (χ1v) is 15.7.